The molecule has 0 saturated heterocycles. The van der Waals surface area contributed by atoms with Crippen molar-refractivity contribution in [3.63, 3.8) is 0 Å². The minimum Gasteiger partial charge on any atom is -0.396 e. The Morgan fingerprint density at radius 1 is 0.769 bits per heavy atom. The fourth-order valence-electron chi connectivity index (χ4n) is 2.14. The van der Waals surface area contributed by atoms with Crippen molar-refractivity contribution in [2.75, 3.05) is 13.2 Å². The van der Waals surface area contributed by atoms with Crippen LogP contribution in [-0.2, 0) is 4.79 Å². The highest BCUT2D eigenvalue weighted by Crippen LogP contribution is 1.99. The molecule has 0 aromatic carbocycles. The maximum absolute atomic E-state index is 11.4. The highest BCUT2D eigenvalue weighted by Gasteiger charge is 1.98. The Kier molecular flexibility index (Phi) is 19.7. The first-order chi connectivity index (χ1) is 12.8. The van der Waals surface area contributed by atoms with E-state index in [0.717, 1.165) is 44.9 Å². The standard InChI is InChI=1S/C23H37NO2/c1-2-3-4-5-6-7-8-9-10-11-12-13-14-15-16-17-18-20-23(26)24-21-19-22-25/h3-4,6-7,9-10,12-13,15-16,25H,2,5,8,11,14,17-22H2,1H3,(H,24,26). The molecule has 3 heteroatoms. The van der Waals surface area contributed by atoms with Crippen LogP contribution in [0.15, 0.2) is 60.8 Å². The summed E-state index contributed by atoms with van der Waals surface area (Å²) in [6.45, 7) is 2.84. The zero-order chi connectivity index (χ0) is 19.1. The van der Waals surface area contributed by atoms with Crippen LogP contribution in [0.2, 0.25) is 0 Å². The number of rotatable bonds is 16. The monoisotopic (exact) mass is 359 g/mol. The molecule has 0 aliphatic rings. The molecule has 0 spiro atoms. The van der Waals surface area contributed by atoms with Crippen molar-refractivity contribution in [3.05, 3.63) is 60.8 Å². The van der Waals surface area contributed by atoms with Gasteiger partial charge < -0.3 is 10.4 Å². The van der Waals surface area contributed by atoms with E-state index >= 15 is 0 Å². The van der Waals surface area contributed by atoms with E-state index < -0.39 is 0 Å². The minimum atomic E-state index is 0.0748. The molecular weight excluding hydrogens is 322 g/mol. The van der Waals surface area contributed by atoms with E-state index in [1.165, 1.54) is 0 Å². The minimum absolute atomic E-state index is 0.0748. The van der Waals surface area contributed by atoms with E-state index in [1.54, 1.807) is 0 Å². The van der Waals surface area contributed by atoms with E-state index in [1.807, 2.05) is 0 Å². The SMILES string of the molecule is CCC=CCC=CCC=CCC=CCC=CCCCC(=O)NCCCO. The number of hydrogen-bond donors (Lipinski definition) is 2. The smallest absolute Gasteiger partial charge is 0.220 e. The molecule has 0 fully saturated rings. The van der Waals surface area contributed by atoms with Crippen LogP contribution < -0.4 is 5.32 Å². The molecular formula is C23H37NO2. The molecule has 146 valence electrons. The number of hydrogen-bond acceptors (Lipinski definition) is 2. The second-order valence-electron chi connectivity index (χ2n) is 6.03. The first-order valence-corrected chi connectivity index (χ1v) is 9.93. The van der Waals surface area contributed by atoms with Gasteiger partial charge in [-0.25, -0.2) is 0 Å². The molecule has 26 heavy (non-hydrogen) atoms. The van der Waals surface area contributed by atoms with Crippen molar-refractivity contribution < 1.29 is 9.90 Å². The molecule has 0 aromatic heterocycles. The summed E-state index contributed by atoms with van der Waals surface area (Å²) in [5, 5.41) is 11.4. The van der Waals surface area contributed by atoms with E-state index in [0.29, 0.717) is 19.4 Å². The number of aliphatic hydroxyl groups is 1. The third-order valence-electron chi connectivity index (χ3n) is 3.59. The lowest BCUT2D eigenvalue weighted by Crippen LogP contribution is -2.24. The molecule has 2 N–H and O–H groups in total. The van der Waals surface area contributed by atoms with E-state index in [4.69, 9.17) is 5.11 Å². The van der Waals surface area contributed by atoms with Gasteiger partial charge in [0.1, 0.15) is 0 Å². The van der Waals surface area contributed by atoms with E-state index in [-0.39, 0.29) is 12.5 Å². The first-order valence-electron chi connectivity index (χ1n) is 9.93. The van der Waals surface area contributed by atoms with Gasteiger partial charge in [-0.1, -0.05) is 67.7 Å². The largest absolute Gasteiger partial charge is 0.396 e. The number of nitrogens with one attached hydrogen (secondary N) is 1. The van der Waals surface area contributed by atoms with Gasteiger partial charge in [0.25, 0.3) is 0 Å². The number of aliphatic hydroxyl groups excluding tert-OH is 1. The topological polar surface area (TPSA) is 49.3 Å². The third kappa shape index (κ3) is 20.2. The number of amides is 1. The summed E-state index contributed by atoms with van der Waals surface area (Å²) in [5.41, 5.74) is 0. The maximum atomic E-state index is 11.4. The summed E-state index contributed by atoms with van der Waals surface area (Å²) in [7, 11) is 0. The zero-order valence-electron chi connectivity index (χ0n) is 16.4. The quantitative estimate of drug-likeness (QED) is 0.286. The molecule has 0 heterocycles. The normalized spacial score (nSPS) is 12.5. The van der Waals surface area contributed by atoms with Gasteiger partial charge in [0, 0.05) is 19.6 Å². The molecule has 0 unspecified atom stereocenters. The van der Waals surface area contributed by atoms with Crippen molar-refractivity contribution >= 4 is 5.91 Å². The Bertz CT molecular complexity index is 459. The average molecular weight is 360 g/mol. The summed E-state index contributed by atoms with van der Waals surface area (Å²) in [6.07, 6.45) is 29.9. The summed E-state index contributed by atoms with van der Waals surface area (Å²) in [4.78, 5) is 11.4. The predicted octanol–water partition coefficient (Wildman–Crippen LogP) is 5.41. The number of carbonyl (C=O) groups is 1. The van der Waals surface area contributed by atoms with E-state index in [2.05, 4.69) is 73.0 Å². The van der Waals surface area contributed by atoms with Crippen molar-refractivity contribution in [2.45, 2.75) is 64.7 Å². The molecule has 0 aliphatic carbocycles. The summed E-state index contributed by atoms with van der Waals surface area (Å²) in [5.74, 6) is 0.0748. The summed E-state index contributed by atoms with van der Waals surface area (Å²) < 4.78 is 0. The molecule has 1 amide bonds. The molecule has 0 bridgehead atoms. The lowest BCUT2D eigenvalue weighted by Gasteiger charge is -2.02. The predicted molar refractivity (Wildman–Crippen MR) is 113 cm³/mol. The van der Waals surface area contributed by atoms with Gasteiger partial charge in [-0.05, 0) is 51.4 Å². The maximum Gasteiger partial charge on any atom is 0.220 e. The number of unbranched alkanes of at least 4 members (excludes halogenated alkanes) is 1. The third-order valence-corrected chi connectivity index (χ3v) is 3.59. The van der Waals surface area contributed by atoms with Crippen LogP contribution in [0.1, 0.15) is 64.7 Å². The molecule has 3 nitrogen and oxygen atoms in total. The van der Waals surface area contributed by atoms with Gasteiger partial charge in [-0.3, -0.25) is 4.79 Å². The molecule has 0 atom stereocenters. The Morgan fingerprint density at radius 3 is 1.77 bits per heavy atom. The Hall–Kier alpha value is -1.87. The van der Waals surface area contributed by atoms with Crippen LogP contribution in [0.3, 0.4) is 0 Å². The Morgan fingerprint density at radius 2 is 1.27 bits per heavy atom. The van der Waals surface area contributed by atoms with Crippen molar-refractivity contribution in [1.82, 2.24) is 5.32 Å². The van der Waals surface area contributed by atoms with Crippen LogP contribution in [0.5, 0.6) is 0 Å². The lowest BCUT2D eigenvalue weighted by atomic mass is 10.2. The van der Waals surface area contributed by atoms with Gasteiger partial charge >= 0.3 is 0 Å². The fourth-order valence-corrected chi connectivity index (χ4v) is 2.14. The van der Waals surface area contributed by atoms with Gasteiger partial charge in [-0.15, -0.1) is 0 Å². The number of carbonyl (C=O) groups excluding carboxylic acids is 1. The molecule has 0 aromatic rings. The summed E-state index contributed by atoms with van der Waals surface area (Å²) in [6, 6.07) is 0. The van der Waals surface area contributed by atoms with Gasteiger partial charge in [0.05, 0.1) is 0 Å². The fraction of sp³-hybridized carbons (Fsp3) is 0.522. The van der Waals surface area contributed by atoms with Gasteiger partial charge in [0.15, 0.2) is 0 Å². The molecule has 0 radical (unpaired) electrons. The second-order valence-corrected chi connectivity index (χ2v) is 6.03. The average Bonchev–Trinajstić information content (AvgIpc) is 2.64. The van der Waals surface area contributed by atoms with Crippen LogP contribution in [0, 0.1) is 0 Å². The first kappa shape index (κ1) is 24.1. The second kappa shape index (κ2) is 21.2. The van der Waals surface area contributed by atoms with Crippen LogP contribution >= 0.6 is 0 Å². The molecule has 0 saturated carbocycles. The van der Waals surface area contributed by atoms with Crippen molar-refractivity contribution in [2.24, 2.45) is 0 Å². The molecule has 0 rings (SSSR count). The number of allylic oxidation sites excluding steroid dienone is 10. The lowest BCUT2D eigenvalue weighted by molar-refractivity contribution is -0.121. The van der Waals surface area contributed by atoms with Gasteiger partial charge in [-0.2, -0.15) is 0 Å². The van der Waals surface area contributed by atoms with Crippen LogP contribution in [0.4, 0.5) is 0 Å². The Balaban J connectivity index is 3.48. The van der Waals surface area contributed by atoms with Crippen molar-refractivity contribution in [3.8, 4) is 0 Å². The van der Waals surface area contributed by atoms with Crippen molar-refractivity contribution in [1.29, 1.82) is 0 Å². The van der Waals surface area contributed by atoms with Crippen LogP contribution in [0.25, 0.3) is 0 Å². The van der Waals surface area contributed by atoms with Gasteiger partial charge in [0.2, 0.25) is 5.91 Å². The Labute approximate surface area is 160 Å². The zero-order valence-corrected chi connectivity index (χ0v) is 16.4. The van der Waals surface area contributed by atoms with E-state index in [9.17, 15) is 4.79 Å². The molecule has 0 aliphatic heterocycles. The highest BCUT2D eigenvalue weighted by molar-refractivity contribution is 5.75. The van der Waals surface area contributed by atoms with Crippen LogP contribution in [-0.4, -0.2) is 24.2 Å². The highest BCUT2D eigenvalue weighted by atomic mass is 16.3. The summed E-state index contributed by atoms with van der Waals surface area (Å²) >= 11 is 0.